The first-order chi connectivity index (χ1) is 13.8. The Hall–Kier alpha value is -3.74. The van der Waals surface area contributed by atoms with E-state index in [1.54, 1.807) is 6.92 Å². The van der Waals surface area contributed by atoms with Gasteiger partial charge in [-0.25, -0.2) is 4.39 Å². The third-order valence-corrected chi connectivity index (χ3v) is 4.36. The van der Waals surface area contributed by atoms with Gasteiger partial charge in [-0.05, 0) is 47.5 Å². The van der Waals surface area contributed by atoms with Gasteiger partial charge in [-0.15, -0.1) is 0 Å². The second-order valence-electron chi connectivity index (χ2n) is 6.63. The van der Waals surface area contributed by atoms with Crippen LogP contribution in [0.25, 0.3) is 10.8 Å². The lowest BCUT2D eigenvalue weighted by Crippen LogP contribution is -2.36. The zero-order valence-electron chi connectivity index (χ0n) is 16.0. The summed E-state index contributed by atoms with van der Waals surface area (Å²) >= 11 is 0. The van der Waals surface area contributed by atoms with E-state index >= 15 is 0 Å². The van der Waals surface area contributed by atoms with E-state index in [1.165, 1.54) is 19.1 Å². The Morgan fingerprint density at radius 1 is 0.862 bits per heavy atom. The summed E-state index contributed by atoms with van der Waals surface area (Å²) in [5, 5.41) is 9.48. The van der Waals surface area contributed by atoms with Crippen molar-refractivity contribution in [3.63, 3.8) is 0 Å². The number of amides is 3. The fourth-order valence-electron chi connectivity index (χ4n) is 2.90. The monoisotopic (exact) mass is 393 g/mol. The molecular formula is C22H20FN3O3. The SMILES string of the molecule is CC(=O)Nc1cc(NC(=O)C(=O)NC(C)c2ccc3ccccc3c2)ccc1F. The maximum Gasteiger partial charge on any atom is 0.313 e. The summed E-state index contributed by atoms with van der Waals surface area (Å²) in [5.74, 6) is -2.81. The molecule has 148 valence electrons. The molecule has 0 aromatic heterocycles. The predicted molar refractivity (Wildman–Crippen MR) is 110 cm³/mol. The molecule has 3 aromatic carbocycles. The number of anilines is 2. The van der Waals surface area contributed by atoms with Gasteiger partial charge >= 0.3 is 11.8 Å². The van der Waals surface area contributed by atoms with Gasteiger partial charge in [-0.3, -0.25) is 14.4 Å². The second-order valence-corrected chi connectivity index (χ2v) is 6.63. The molecule has 3 N–H and O–H groups in total. The Labute approximate surface area is 167 Å². The molecule has 0 heterocycles. The fourth-order valence-corrected chi connectivity index (χ4v) is 2.90. The fraction of sp³-hybridized carbons (Fsp3) is 0.136. The van der Waals surface area contributed by atoms with E-state index in [2.05, 4.69) is 16.0 Å². The molecule has 0 fully saturated rings. The Morgan fingerprint density at radius 3 is 2.31 bits per heavy atom. The zero-order valence-corrected chi connectivity index (χ0v) is 16.0. The standard InChI is InChI=1S/C22H20FN3O3/c1-13(16-8-7-15-5-3-4-6-17(15)11-16)24-21(28)22(29)26-18-9-10-19(23)20(12-18)25-14(2)27/h3-13H,1-2H3,(H,24,28)(H,25,27)(H,26,29). The van der Waals surface area contributed by atoms with E-state index in [-0.39, 0.29) is 17.4 Å². The lowest BCUT2D eigenvalue weighted by atomic mass is 10.0. The van der Waals surface area contributed by atoms with Gasteiger partial charge in [0.05, 0.1) is 11.7 Å². The van der Waals surface area contributed by atoms with Crippen LogP contribution in [0.4, 0.5) is 15.8 Å². The molecule has 1 unspecified atom stereocenters. The first-order valence-electron chi connectivity index (χ1n) is 9.01. The van der Waals surface area contributed by atoms with Crippen molar-refractivity contribution in [2.24, 2.45) is 0 Å². The first-order valence-corrected chi connectivity index (χ1v) is 9.01. The molecule has 1 atom stereocenters. The van der Waals surface area contributed by atoms with Gasteiger partial charge in [0, 0.05) is 12.6 Å². The van der Waals surface area contributed by atoms with Crippen molar-refractivity contribution in [3.8, 4) is 0 Å². The summed E-state index contributed by atoms with van der Waals surface area (Å²) in [4.78, 5) is 35.6. The van der Waals surface area contributed by atoms with Crippen LogP contribution in [0.3, 0.4) is 0 Å². The highest BCUT2D eigenvalue weighted by molar-refractivity contribution is 6.39. The van der Waals surface area contributed by atoms with Crippen molar-refractivity contribution >= 4 is 39.9 Å². The summed E-state index contributed by atoms with van der Waals surface area (Å²) in [6, 6.07) is 16.9. The van der Waals surface area contributed by atoms with Gasteiger partial charge in [0.2, 0.25) is 5.91 Å². The van der Waals surface area contributed by atoms with Crippen LogP contribution in [-0.2, 0) is 14.4 Å². The third kappa shape index (κ3) is 4.95. The van der Waals surface area contributed by atoms with Crippen LogP contribution in [0.5, 0.6) is 0 Å². The molecule has 0 aliphatic heterocycles. The van der Waals surface area contributed by atoms with Crippen molar-refractivity contribution in [1.82, 2.24) is 5.32 Å². The maximum atomic E-state index is 13.7. The van der Waals surface area contributed by atoms with Crippen molar-refractivity contribution in [1.29, 1.82) is 0 Å². The summed E-state index contributed by atoms with van der Waals surface area (Å²) in [5.41, 5.74) is 0.966. The number of rotatable bonds is 4. The van der Waals surface area contributed by atoms with E-state index in [9.17, 15) is 18.8 Å². The van der Waals surface area contributed by atoms with E-state index in [4.69, 9.17) is 0 Å². The molecule has 0 radical (unpaired) electrons. The Morgan fingerprint density at radius 2 is 1.59 bits per heavy atom. The first kappa shape index (κ1) is 20.0. The molecule has 0 saturated heterocycles. The molecule has 0 aliphatic rings. The molecule has 0 aliphatic carbocycles. The topological polar surface area (TPSA) is 87.3 Å². The van der Waals surface area contributed by atoms with Gasteiger partial charge in [0.15, 0.2) is 0 Å². The molecule has 0 spiro atoms. The highest BCUT2D eigenvalue weighted by atomic mass is 19.1. The van der Waals surface area contributed by atoms with Crippen molar-refractivity contribution in [2.45, 2.75) is 19.9 Å². The van der Waals surface area contributed by atoms with E-state index < -0.39 is 23.5 Å². The number of nitrogens with one attached hydrogen (secondary N) is 3. The predicted octanol–water partition coefficient (Wildman–Crippen LogP) is 3.75. The number of fused-ring (bicyclic) bond motifs is 1. The van der Waals surface area contributed by atoms with Crippen molar-refractivity contribution in [3.05, 3.63) is 72.0 Å². The molecule has 3 aromatic rings. The van der Waals surface area contributed by atoms with Gasteiger partial charge in [-0.2, -0.15) is 0 Å². The number of hydrogen-bond acceptors (Lipinski definition) is 3. The molecule has 6 nitrogen and oxygen atoms in total. The van der Waals surface area contributed by atoms with E-state index in [0.29, 0.717) is 0 Å². The normalized spacial score (nSPS) is 11.6. The van der Waals surface area contributed by atoms with Gasteiger partial charge < -0.3 is 16.0 Å². The number of hydrogen-bond donors (Lipinski definition) is 3. The van der Waals surface area contributed by atoms with Crippen molar-refractivity contribution in [2.75, 3.05) is 10.6 Å². The highest BCUT2D eigenvalue weighted by Crippen LogP contribution is 2.21. The average molecular weight is 393 g/mol. The van der Waals surface area contributed by atoms with Crippen LogP contribution in [0.15, 0.2) is 60.7 Å². The maximum absolute atomic E-state index is 13.7. The largest absolute Gasteiger partial charge is 0.341 e. The van der Waals surface area contributed by atoms with Gasteiger partial charge in [-0.1, -0.05) is 36.4 Å². The van der Waals surface area contributed by atoms with Crippen LogP contribution in [0.2, 0.25) is 0 Å². The molecular weight excluding hydrogens is 373 g/mol. The summed E-state index contributed by atoms with van der Waals surface area (Å²) in [6.45, 7) is 3.02. The second kappa shape index (κ2) is 8.52. The smallest absolute Gasteiger partial charge is 0.313 e. The minimum atomic E-state index is -0.891. The molecule has 0 saturated carbocycles. The molecule has 3 rings (SSSR count). The van der Waals surface area contributed by atoms with Crippen LogP contribution >= 0.6 is 0 Å². The van der Waals surface area contributed by atoms with Crippen LogP contribution < -0.4 is 16.0 Å². The van der Waals surface area contributed by atoms with E-state index in [1.807, 2.05) is 42.5 Å². The minimum absolute atomic E-state index is 0.0831. The quantitative estimate of drug-likeness (QED) is 0.590. The Kier molecular flexibility index (Phi) is 5.87. The van der Waals surface area contributed by atoms with Gasteiger partial charge in [0.25, 0.3) is 0 Å². The number of carbonyl (C=O) groups is 3. The van der Waals surface area contributed by atoms with Gasteiger partial charge in [0.1, 0.15) is 5.82 Å². The zero-order chi connectivity index (χ0) is 21.0. The molecule has 0 bridgehead atoms. The number of halogens is 1. The number of carbonyl (C=O) groups excluding carboxylic acids is 3. The van der Waals surface area contributed by atoms with Crippen LogP contribution in [0, 0.1) is 5.82 Å². The summed E-state index contributed by atoms with van der Waals surface area (Å²) in [7, 11) is 0. The van der Waals surface area contributed by atoms with E-state index in [0.717, 1.165) is 22.4 Å². The highest BCUT2D eigenvalue weighted by Gasteiger charge is 2.18. The summed E-state index contributed by atoms with van der Waals surface area (Å²) in [6.07, 6.45) is 0. The lowest BCUT2D eigenvalue weighted by molar-refractivity contribution is -0.136. The lowest BCUT2D eigenvalue weighted by Gasteiger charge is -2.15. The third-order valence-electron chi connectivity index (χ3n) is 4.36. The van der Waals surface area contributed by atoms with Crippen molar-refractivity contribution < 1.29 is 18.8 Å². The number of benzene rings is 3. The molecule has 29 heavy (non-hydrogen) atoms. The molecule has 7 heteroatoms. The Bertz CT molecular complexity index is 1100. The average Bonchev–Trinajstić information content (AvgIpc) is 2.69. The van der Waals surface area contributed by atoms with Crippen LogP contribution in [0.1, 0.15) is 25.5 Å². The molecule has 3 amide bonds. The minimum Gasteiger partial charge on any atom is -0.341 e. The summed E-state index contributed by atoms with van der Waals surface area (Å²) < 4.78 is 13.7. The Balaban J connectivity index is 1.66. The van der Waals surface area contributed by atoms with Crippen LogP contribution in [-0.4, -0.2) is 17.7 Å².